The zero-order valence-corrected chi connectivity index (χ0v) is 68.8. The third-order valence-electron chi connectivity index (χ3n) is 23.6. The van der Waals surface area contributed by atoms with Crippen molar-refractivity contribution >= 4 is 86.7 Å². The molecule has 0 aliphatic carbocycles. The first-order valence-electron chi connectivity index (χ1n) is 40.3. The van der Waals surface area contributed by atoms with Crippen LogP contribution in [0, 0.1) is 17.5 Å². The molecule has 9 aromatic heterocycles. The molecule has 0 bridgehead atoms. The molecule has 0 radical (unpaired) electrons. The summed E-state index contributed by atoms with van der Waals surface area (Å²) in [5.74, 6) is -1.61. The Morgan fingerprint density at radius 1 is 0.570 bits per heavy atom. The lowest BCUT2D eigenvalue weighted by Crippen LogP contribution is -2.54. The quantitative estimate of drug-likeness (QED) is 0.0347. The van der Waals surface area contributed by atoms with Crippen LogP contribution in [0.1, 0.15) is 153 Å². The normalized spacial score (nSPS) is 18.1. The highest BCUT2D eigenvalue weighted by Gasteiger charge is 2.45. The molecular formula is C89H91F3N20O9. The van der Waals surface area contributed by atoms with Crippen molar-refractivity contribution < 1.29 is 56.1 Å². The van der Waals surface area contributed by atoms with Crippen molar-refractivity contribution in [2.75, 3.05) is 96.0 Å². The number of nitrogens with one attached hydrogen (secondary N) is 6. The monoisotopic (exact) mass is 1640 g/mol. The molecule has 3 aromatic carbocycles. The summed E-state index contributed by atoms with van der Waals surface area (Å²) in [5.41, 5.74) is 12.6. The fourth-order valence-electron chi connectivity index (χ4n) is 17.9. The van der Waals surface area contributed by atoms with E-state index in [1.165, 1.54) is 24.3 Å². The van der Waals surface area contributed by atoms with Crippen LogP contribution in [0.2, 0.25) is 0 Å². The average Bonchev–Trinajstić information content (AvgIpc) is 1.67. The zero-order valence-electron chi connectivity index (χ0n) is 68.8. The molecule has 3 fully saturated rings. The van der Waals surface area contributed by atoms with Crippen LogP contribution < -0.4 is 36.8 Å². The molecule has 121 heavy (non-hydrogen) atoms. The van der Waals surface area contributed by atoms with E-state index in [2.05, 4.69) is 36.9 Å². The van der Waals surface area contributed by atoms with E-state index in [9.17, 15) is 23.6 Å². The van der Waals surface area contributed by atoms with Gasteiger partial charge in [0.2, 0.25) is 0 Å². The predicted molar refractivity (Wildman–Crippen MR) is 447 cm³/mol. The minimum atomic E-state index is -1.39. The Bertz CT molecular complexity index is 6260. The van der Waals surface area contributed by atoms with Gasteiger partial charge in [0.15, 0.2) is 6.10 Å². The van der Waals surface area contributed by atoms with E-state index < -0.39 is 52.8 Å². The molecule has 3 unspecified atom stereocenters. The van der Waals surface area contributed by atoms with Crippen molar-refractivity contribution in [2.45, 2.75) is 122 Å². The van der Waals surface area contributed by atoms with Gasteiger partial charge in [-0.3, -0.25) is 37.2 Å². The molecule has 0 spiro atoms. The number of ether oxygens (including phenoxy) is 4. The maximum Gasteiger partial charge on any atom is 0.258 e. The highest BCUT2D eigenvalue weighted by molar-refractivity contribution is 6.08. The minimum absolute atomic E-state index is 0.0416. The van der Waals surface area contributed by atoms with Crippen LogP contribution in [0.4, 0.5) is 53.4 Å². The van der Waals surface area contributed by atoms with Crippen LogP contribution >= 0.6 is 0 Å². The molecule has 6 N–H and O–H groups in total. The number of carbonyl (C=O) groups is 5. The molecule has 6 aliphatic heterocycles. The molecule has 3 saturated heterocycles. The van der Waals surface area contributed by atoms with Gasteiger partial charge in [0.25, 0.3) is 29.5 Å². The molecule has 5 amide bonds. The number of rotatable bonds is 23. The van der Waals surface area contributed by atoms with Crippen LogP contribution in [0.25, 0.3) is 50.7 Å². The molecule has 12 aromatic rings. The van der Waals surface area contributed by atoms with Gasteiger partial charge in [0.05, 0.1) is 140 Å². The first kappa shape index (κ1) is 79.6. The van der Waals surface area contributed by atoms with Crippen LogP contribution in [-0.4, -0.2) is 179 Å². The van der Waals surface area contributed by atoms with E-state index in [0.29, 0.717) is 160 Å². The van der Waals surface area contributed by atoms with E-state index in [1.54, 1.807) is 81.8 Å². The highest BCUT2D eigenvalue weighted by Crippen LogP contribution is 2.45. The Morgan fingerprint density at radius 2 is 1.07 bits per heavy atom. The number of morpholine rings is 2. The Labute approximate surface area is 694 Å². The second-order valence-electron chi connectivity index (χ2n) is 33.2. The highest BCUT2D eigenvalue weighted by atomic mass is 19.1. The Kier molecular flexibility index (Phi) is 20.5. The summed E-state index contributed by atoms with van der Waals surface area (Å²) in [7, 11) is 11.6. The van der Waals surface area contributed by atoms with Crippen LogP contribution in [0.3, 0.4) is 0 Å². The van der Waals surface area contributed by atoms with Gasteiger partial charge in [-0.15, -0.1) is 0 Å². The van der Waals surface area contributed by atoms with E-state index in [0.717, 1.165) is 39.1 Å². The van der Waals surface area contributed by atoms with Crippen LogP contribution in [0.15, 0.2) is 134 Å². The van der Waals surface area contributed by atoms with Gasteiger partial charge >= 0.3 is 0 Å². The van der Waals surface area contributed by atoms with Crippen molar-refractivity contribution in [2.24, 2.45) is 0 Å². The van der Waals surface area contributed by atoms with Crippen LogP contribution in [0.5, 0.6) is 0 Å². The fourth-order valence-corrected chi connectivity index (χ4v) is 17.9. The maximum absolute atomic E-state index is 16.8. The van der Waals surface area contributed by atoms with Crippen LogP contribution in [-0.2, 0) is 73.3 Å². The van der Waals surface area contributed by atoms with E-state index in [1.807, 2.05) is 143 Å². The average molecular weight is 1640 g/mol. The smallest absolute Gasteiger partial charge is 0.258 e. The number of hydrogen-bond acceptors (Lipinski definition) is 21. The van der Waals surface area contributed by atoms with E-state index >= 15 is 13.6 Å². The number of nitrogens with zero attached hydrogens (tertiary/aromatic N) is 14. The van der Waals surface area contributed by atoms with Gasteiger partial charge in [0, 0.05) is 118 Å². The van der Waals surface area contributed by atoms with Gasteiger partial charge in [-0.05, 0) is 161 Å². The summed E-state index contributed by atoms with van der Waals surface area (Å²) >= 11 is 0. The molecule has 6 aliphatic rings. The van der Waals surface area contributed by atoms with E-state index in [-0.39, 0.29) is 79.3 Å². The van der Waals surface area contributed by atoms with Gasteiger partial charge in [-0.1, -0.05) is 30.3 Å². The first-order chi connectivity index (χ1) is 58.1. The number of hydrogen-bond donors (Lipinski definition) is 6. The summed E-state index contributed by atoms with van der Waals surface area (Å²) in [5, 5.41) is 19.2. The molecular weight excluding hydrogens is 1550 g/mol. The SMILES string of the molecule is C[C@@H](OC1CCOC(c2c(F)ccn3c(-c4ccc(Nc5ccc(N6CCOC(C)(C)C6=O)c(CN(C)C)n5)c5c4CNC5=O)cnc23)C1)c1ccc(Nc2ccc(-c3cnc4c(C5OCCN(C(C)(C)c6ccc(Nc7ccc(-c8cnc9cc(F)ccn89)c8c7C(=O)NC8)nc6CN(C)C)C5=O)c(F)ccn34)c3c2C(=O)NC3)nc1CN(C)C. The molecule has 32 heteroatoms. The van der Waals surface area contributed by atoms with Gasteiger partial charge in [0.1, 0.15) is 57.4 Å². The number of fused-ring (bicyclic) bond motifs is 6. The summed E-state index contributed by atoms with van der Waals surface area (Å²) in [4.78, 5) is 109. The third kappa shape index (κ3) is 14.5. The minimum Gasteiger partial charge on any atom is -0.373 e. The number of aromatic nitrogens is 9. The lowest BCUT2D eigenvalue weighted by atomic mass is 9.88. The standard InChI is InChI=1S/C89H91F3N20O9/c1-47(121-49-27-33-118-70(37-49)78-58(91)25-29-109-68(42-94-81(78)109)52-13-19-62(77-55(52)39-97-85(77)115)101-73-23-20-66(65(104-73)46-107(10)11)111-31-35-120-89(4,5)87(111)117)50-15-21-71(102-63(50)44-105(6)7)99-60-18-14-53(56-40-98-84(114)76(56)60)69-43-95-82-79(59(92)26-30-110(69)82)80-86(116)112(32-34-119-80)88(2,3)57-16-22-72(103-64(57)45-106(8)9)100-61-17-12-51(54-38-96-83(113)75(54)61)67-41-93-74-36-48(90)24-28-108(67)74/h12-26,28-30,36,41-43,47,49,70,80H,27,31-35,37-40,44-46H2,1-11H3,(H,96,113)(H,97,115)(H,98,114)(H,99,102)(H,100,103)(H,101,104)/t47-,49?,70?,80?/m1/s1. The summed E-state index contributed by atoms with van der Waals surface area (Å²) < 4.78 is 78.2. The summed E-state index contributed by atoms with van der Waals surface area (Å²) in [6.45, 7) is 12.6. The Hall–Kier alpha value is -12.6. The largest absolute Gasteiger partial charge is 0.373 e. The number of amides is 5. The molecule has 622 valence electrons. The Balaban J connectivity index is 0.562. The second kappa shape index (κ2) is 31.2. The zero-order chi connectivity index (χ0) is 84.4. The number of imidazole rings is 3. The van der Waals surface area contributed by atoms with E-state index in [4.69, 9.17) is 43.9 Å². The summed E-state index contributed by atoms with van der Waals surface area (Å²) in [6.07, 6.45) is 7.67. The molecule has 15 heterocycles. The van der Waals surface area contributed by atoms with Gasteiger partial charge in [-0.25, -0.2) is 43.1 Å². The van der Waals surface area contributed by atoms with Crippen molar-refractivity contribution in [1.29, 1.82) is 0 Å². The van der Waals surface area contributed by atoms with Crippen molar-refractivity contribution in [3.8, 4) is 33.8 Å². The molecule has 4 atom stereocenters. The molecule has 29 nitrogen and oxygen atoms in total. The molecule has 0 saturated carbocycles. The third-order valence-corrected chi connectivity index (χ3v) is 23.6. The molecule has 18 rings (SSSR count). The Morgan fingerprint density at radius 3 is 1.66 bits per heavy atom. The number of anilines is 7. The fraction of sp³-hybridized carbons (Fsp3) is 0.337. The lowest BCUT2D eigenvalue weighted by Gasteiger charge is -2.44. The van der Waals surface area contributed by atoms with Gasteiger partial charge in [-0.2, -0.15) is 0 Å². The first-order valence-corrected chi connectivity index (χ1v) is 40.3. The summed E-state index contributed by atoms with van der Waals surface area (Å²) in [6, 6.07) is 27.8. The second-order valence-corrected chi connectivity index (χ2v) is 33.2. The topological polar surface area (TPSA) is 301 Å². The van der Waals surface area contributed by atoms with Crippen molar-refractivity contribution in [3.05, 3.63) is 224 Å². The predicted octanol–water partition coefficient (Wildman–Crippen LogP) is 12.4. The maximum atomic E-state index is 16.8. The van der Waals surface area contributed by atoms with Crippen molar-refractivity contribution in [3.63, 3.8) is 0 Å². The van der Waals surface area contributed by atoms with Gasteiger partial charge < -0.3 is 75.3 Å². The lowest BCUT2D eigenvalue weighted by molar-refractivity contribution is -0.161. The number of halogens is 3. The number of benzene rings is 3. The van der Waals surface area contributed by atoms with Crippen molar-refractivity contribution in [1.82, 2.24) is 78.7 Å². The number of pyridine rings is 6. The number of carbonyl (C=O) groups excluding carboxylic acids is 5.